The molecule has 0 aromatic carbocycles. The summed E-state index contributed by atoms with van der Waals surface area (Å²) in [6.07, 6.45) is 29.5. The number of carbonyl (C=O) groups is 1. The zero-order valence-corrected chi connectivity index (χ0v) is 37.7. The van der Waals surface area contributed by atoms with Crippen molar-refractivity contribution in [3.05, 3.63) is 48.1 Å². The lowest BCUT2D eigenvalue weighted by atomic mass is 9.47. The first-order chi connectivity index (χ1) is 27.8. The predicted molar refractivity (Wildman–Crippen MR) is 235 cm³/mol. The molecule has 5 rings (SSSR count). The van der Waals surface area contributed by atoms with Crippen molar-refractivity contribution >= 4 is 5.97 Å². The molecule has 1 saturated heterocycles. The van der Waals surface area contributed by atoms with Crippen LogP contribution >= 0.6 is 0 Å². The van der Waals surface area contributed by atoms with Crippen molar-refractivity contribution in [2.45, 2.75) is 207 Å². The Bertz CT molecular complexity index is 1380. The maximum Gasteiger partial charge on any atom is 0.305 e. The quantitative estimate of drug-likeness (QED) is 0.0602. The Kier molecular flexibility index (Phi) is 18.2. The van der Waals surface area contributed by atoms with Gasteiger partial charge in [0, 0.05) is 6.42 Å². The van der Waals surface area contributed by atoms with Crippen LogP contribution in [0.2, 0.25) is 0 Å². The molecule has 14 atom stereocenters. The average Bonchev–Trinajstić information content (AvgIpc) is 3.56. The molecule has 3 saturated carbocycles. The van der Waals surface area contributed by atoms with E-state index in [9.17, 15) is 20.1 Å². The van der Waals surface area contributed by atoms with Gasteiger partial charge < -0.3 is 29.5 Å². The molecular formula is C51H84O7. The van der Waals surface area contributed by atoms with Crippen LogP contribution in [0.5, 0.6) is 0 Å². The number of rotatable bonds is 21. The molecule has 0 aromatic rings. The fourth-order valence-corrected chi connectivity index (χ4v) is 12.5. The monoisotopic (exact) mass is 809 g/mol. The largest absolute Gasteiger partial charge is 0.463 e. The van der Waals surface area contributed by atoms with E-state index >= 15 is 0 Å². The lowest BCUT2D eigenvalue weighted by Crippen LogP contribution is -2.60. The highest BCUT2D eigenvalue weighted by Gasteiger charge is 2.59. The third kappa shape index (κ3) is 11.6. The lowest BCUT2D eigenvalue weighted by Gasteiger charge is -2.58. The van der Waals surface area contributed by atoms with Crippen molar-refractivity contribution in [1.82, 2.24) is 0 Å². The number of aliphatic hydroxyl groups is 3. The second kappa shape index (κ2) is 22.4. The molecule has 0 aromatic heterocycles. The number of hydrogen-bond donors (Lipinski definition) is 3. The zero-order chi connectivity index (χ0) is 41.9. The molecule has 0 amide bonds. The van der Waals surface area contributed by atoms with Crippen molar-refractivity contribution in [3.8, 4) is 0 Å². The van der Waals surface area contributed by atoms with Crippen LogP contribution in [0, 0.1) is 52.3 Å². The highest BCUT2D eigenvalue weighted by atomic mass is 16.7. The molecule has 0 spiro atoms. The molecular weight excluding hydrogens is 725 g/mol. The first-order valence-corrected chi connectivity index (χ1v) is 24.0. The first-order valence-electron chi connectivity index (χ1n) is 24.0. The SMILES string of the molecule is CC/C=C\C/C=C\C/C=C\CCCCCC(=O)OCC1OC(OC2CCC3(C)C(=CCC4C3CCC3(C)C(C(C)CCC(CC)C(C)C)CCC43)C2)C(O)C(O)C1O. The number of hydrogen-bond acceptors (Lipinski definition) is 7. The van der Waals surface area contributed by atoms with Crippen molar-refractivity contribution < 1.29 is 34.3 Å². The Balaban J connectivity index is 1.06. The molecule has 1 aliphatic heterocycles. The molecule has 14 unspecified atom stereocenters. The van der Waals surface area contributed by atoms with E-state index < -0.39 is 30.7 Å². The Morgan fingerprint density at radius 2 is 1.60 bits per heavy atom. The lowest BCUT2D eigenvalue weighted by molar-refractivity contribution is -0.313. The molecule has 58 heavy (non-hydrogen) atoms. The molecule has 3 N–H and O–H groups in total. The minimum Gasteiger partial charge on any atom is -0.463 e. The van der Waals surface area contributed by atoms with E-state index in [1.807, 2.05) is 0 Å². The van der Waals surface area contributed by atoms with Gasteiger partial charge in [0.25, 0.3) is 0 Å². The molecule has 330 valence electrons. The summed E-state index contributed by atoms with van der Waals surface area (Å²) in [6.45, 7) is 16.9. The van der Waals surface area contributed by atoms with Crippen LogP contribution < -0.4 is 0 Å². The number of carbonyl (C=O) groups excluding carboxylic acids is 1. The molecule has 0 radical (unpaired) electrons. The highest BCUT2D eigenvalue weighted by molar-refractivity contribution is 5.69. The van der Waals surface area contributed by atoms with Gasteiger partial charge in [0.15, 0.2) is 6.29 Å². The molecule has 4 aliphatic carbocycles. The van der Waals surface area contributed by atoms with Crippen LogP contribution in [-0.2, 0) is 19.0 Å². The maximum absolute atomic E-state index is 12.6. The fourth-order valence-electron chi connectivity index (χ4n) is 12.5. The standard InChI is InChI=1S/C51H84O7/c1-8-10-11-12-13-14-15-16-17-18-19-20-21-22-45(52)56-34-44-46(53)47(54)48(55)49(58-44)57-39-29-31-50(6)38(33-39)25-26-40-42-28-27-41(51(42,7)32-30-43(40)50)36(5)23-24-37(9-2)35(3)4/h10-11,13-14,16-17,25,35-37,39-44,46-49,53-55H,8-9,12,15,18-24,26-34H2,1-7H3/b11-10-,14-13-,17-16-. The van der Waals surface area contributed by atoms with Gasteiger partial charge >= 0.3 is 5.97 Å². The van der Waals surface area contributed by atoms with Crippen molar-refractivity contribution in [2.24, 2.45) is 52.3 Å². The van der Waals surface area contributed by atoms with Gasteiger partial charge in [-0.25, -0.2) is 0 Å². The minimum atomic E-state index is -1.45. The van der Waals surface area contributed by atoms with E-state index in [0.717, 1.165) is 106 Å². The Morgan fingerprint density at radius 1 is 0.862 bits per heavy atom. The van der Waals surface area contributed by atoms with Crippen LogP contribution in [-0.4, -0.2) is 64.7 Å². The number of fused-ring (bicyclic) bond motifs is 5. The number of unbranched alkanes of at least 4 members (excludes halogenated alkanes) is 3. The zero-order valence-electron chi connectivity index (χ0n) is 37.7. The molecule has 0 bridgehead atoms. The van der Waals surface area contributed by atoms with Gasteiger partial charge in [-0.2, -0.15) is 0 Å². The van der Waals surface area contributed by atoms with Gasteiger partial charge in [0.05, 0.1) is 6.10 Å². The summed E-state index contributed by atoms with van der Waals surface area (Å²) in [5.41, 5.74) is 2.11. The summed E-state index contributed by atoms with van der Waals surface area (Å²) in [6, 6.07) is 0. The van der Waals surface area contributed by atoms with Crippen LogP contribution in [0.1, 0.15) is 170 Å². The van der Waals surface area contributed by atoms with Gasteiger partial charge in [-0.3, -0.25) is 4.79 Å². The van der Waals surface area contributed by atoms with E-state index in [2.05, 4.69) is 91.0 Å². The second-order valence-electron chi connectivity index (χ2n) is 20.0. The smallest absolute Gasteiger partial charge is 0.305 e. The summed E-state index contributed by atoms with van der Waals surface area (Å²) in [4.78, 5) is 12.6. The summed E-state index contributed by atoms with van der Waals surface area (Å²) >= 11 is 0. The summed E-state index contributed by atoms with van der Waals surface area (Å²) in [7, 11) is 0. The summed E-state index contributed by atoms with van der Waals surface area (Å²) < 4.78 is 18.0. The number of allylic oxidation sites excluding steroid dienone is 7. The molecule has 5 aliphatic rings. The predicted octanol–water partition coefficient (Wildman–Crippen LogP) is 11.2. The van der Waals surface area contributed by atoms with Crippen LogP contribution in [0.3, 0.4) is 0 Å². The molecule has 1 heterocycles. The Morgan fingerprint density at radius 3 is 2.33 bits per heavy atom. The van der Waals surface area contributed by atoms with E-state index in [4.69, 9.17) is 14.2 Å². The third-order valence-corrected chi connectivity index (χ3v) is 16.2. The van der Waals surface area contributed by atoms with Gasteiger partial charge in [0.2, 0.25) is 0 Å². The third-order valence-electron chi connectivity index (χ3n) is 16.2. The molecule has 4 fully saturated rings. The first kappa shape index (κ1) is 47.3. The Hall–Kier alpha value is -1.77. The average molecular weight is 809 g/mol. The summed E-state index contributed by atoms with van der Waals surface area (Å²) in [5.74, 6) is 5.17. The van der Waals surface area contributed by atoms with Gasteiger partial charge in [-0.05, 0) is 149 Å². The molecule has 7 nitrogen and oxygen atoms in total. The van der Waals surface area contributed by atoms with Crippen LogP contribution in [0.15, 0.2) is 48.1 Å². The van der Waals surface area contributed by atoms with E-state index in [-0.39, 0.29) is 24.1 Å². The maximum atomic E-state index is 12.6. The highest BCUT2D eigenvalue weighted by Crippen LogP contribution is 2.67. The normalized spacial score (nSPS) is 37.5. The van der Waals surface area contributed by atoms with Crippen LogP contribution in [0.25, 0.3) is 0 Å². The summed E-state index contributed by atoms with van der Waals surface area (Å²) in [5, 5.41) is 32.5. The van der Waals surface area contributed by atoms with Crippen LogP contribution in [0.4, 0.5) is 0 Å². The Labute approximate surface area is 353 Å². The van der Waals surface area contributed by atoms with Gasteiger partial charge in [-0.1, -0.05) is 116 Å². The number of aliphatic hydroxyl groups excluding tert-OH is 3. The topological polar surface area (TPSA) is 105 Å². The van der Waals surface area contributed by atoms with Crippen molar-refractivity contribution in [1.29, 1.82) is 0 Å². The van der Waals surface area contributed by atoms with Crippen molar-refractivity contribution in [3.63, 3.8) is 0 Å². The number of ether oxygens (including phenoxy) is 3. The van der Waals surface area contributed by atoms with Gasteiger partial charge in [-0.15, -0.1) is 0 Å². The van der Waals surface area contributed by atoms with Crippen molar-refractivity contribution in [2.75, 3.05) is 6.61 Å². The van der Waals surface area contributed by atoms with Gasteiger partial charge in [0.1, 0.15) is 31.0 Å². The minimum absolute atomic E-state index is 0.149. The fraction of sp³-hybridized carbons (Fsp3) is 0.824. The molecule has 7 heteroatoms. The van der Waals surface area contributed by atoms with E-state index in [1.165, 1.54) is 50.5 Å². The second-order valence-corrected chi connectivity index (χ2v) is 20.0. The van der Waals surface area contributed by atoms with E-state index in [0.29, 0.717) is 17.8 Å². The number of esters is 1. The van der Waals surface area contributed by atoms with E-state index in [1.54, 1.807) is 0 Å².